The molecule has 258 valence electrons. The summed E-state index contributed by atoms with van der Waals surface area (Å²) < 4.78 is 57.1. The lowest BCUT2D eigenvalue weighted by atomic mass is 10.0. The third-order valence-corrected chi connectivity index (χ3v) is 7.29. The Bertz CT molecular complexity index is 1500. The number of aromatic nitrogens is 3. The van der Waals surface area contributed by atoms with Gasteiger partial charge in [0.15, 0.2) is 12.0 Å². The molecular formula is C30H41F3N8O5S. The number of hydrogen-bond donors (Lipinski definition) is 5. The zero-order chi connectivity index (χ0) is 34.8. The number of nitrogens with two attached hydrogens (primary N) is 1. The minimum absolute atomic E-state index is 0.0838. The molecule has 0 aliphatic heterocycles. The van der Waals surface area contributed by atoms with E-state index in [1.807, 2.05) is 13.8 Å². The number of alkyl halides is 3. The molecule has 13 nitrogen and oxygen atoms in total. The van der Waals surface area contributed by atoms with Crippen molar-refractivity contribution in [2.45, 2.75) is 65.8 Å². The molecule has 0 spiro atoms. The molecule has 0 aliphatic rings. The van der Waals surface area contributed by atoms with Gasteiger partial charge in [-0.2, -0.15) is 13.2 Å². The number of hydrogen-bond acceptors (Lipinski definition) is 13. The molecular weight excluding hydrogens is 641 g/mol. The number of pyridine rings is 2. The number of anilines is 1. The SMILES string of the molecule is CCNC(O)Nc1cc(-c2nc(C(F)(F)F)cs2)c(-c2cncc(/C(=N/N)OC(C)C(C)COCCNC(=O)OC(C)(C)C)c2)cn1. The van der Waals surface area contributed by atoms with Gasteiger partial charge in [-0.15, -0.1) is 16.4 Å². The predicted molar refractivity (Wildman–Crippen MR) is 172 cm³/mol. The maximum absolute atomic E-state index is 13.4. The van der Waals surface area contributed by atoms with Crippen LogP contribution >= 0.6 is 11.3 Å². The van der Waals surface area contributed by atoms with Crippen molar-refractivity contribution in [3.05, 3.63) is 47.4 Å². The molecule has 0 aromatic carbocycles. The molecule has 0 fully saturated rings. The average molecular weight is 683 g/mol. The normalized spacial score (nSPS) is 14.3. The summed E-state index contributed by atoms with van der Waals surface area (Å²) in [5, 5.41) is 23.1. The number of alkyl carbamates (subject to hydrolysis) is 1. The number of nitrogens with one attached hydrogen (secondary N) is 3. The second-order valence-corrected chi connectivity index (χ2v) is 12.3. The number of hydrazone groups is 1. The summed E-state index contributed by atoms with van der Waals surface area (Å²) in [6.07, 6.45) is -2.23. The van der Waals surface area contributed by atoms with Crippen molar-refractivity contribution in [1.82, 2.24) is 25.6 Å². The first-order valence-corrected chi connectivity index (χ1v) is 15.6. The van der Waals surface area contributed by atoms with E-state index in [9.17, 15) is 23.1 Å². The lowest BCUT2D eigenvalue weighted by Gasteiger charge is -2.22. The molecule has 0 radical (unpaired) electrons. The molecule has 3 atom stereocenters. The summed E-state index contributed by atoms with van der Waals surface area (Å²) in [4.78, 5) is 24.2. The van der Waals surface area contributed by atoms with Crippen LogP contribution in [-0.2, 0) is 20.4 Å². The summed E-state index contributed by atoms with van der Waals surface area (Å²) >= 11 is 0.823. The number of halogens is 3. The van der Waals surface area contributed by atoms with E-state index in [1.165, 1.54) is 24.7 Å². The van der Waals surface area contributed by atoms with Crippen LogP contribution in [-0.4, -0.2) is 76.4 Å². The molecule has 3 aromatic heterocycles. The fourth-order valence-electron chi connectivity index (χ4n) is 3.97. The van der Waals surface area contributed by atoms with Gasteiger partial charge in [0.1, 0.15) is 22.5 Å². The van der Waals surface area contributed by atoms with E-state index >= 15 is 0 Å². The van der Waals surface area contributed by atoms with Gasteiger partial charge in [0, 0.05) is 53.1 Å². The van der Waals surface area contributed by atoms with Gasteiger partial charge < -0.3 is 35.8 Å². The summed E-state index contributed by atoms with van der Waals surface area (Å²) in [7, 11) is 0. The van der Waals surface area contributed by atoms with Crippen LogP contribution in [0.3, 0.4) is 0 Å². The Morgan fingerprint density at radius 2 is 1.89 bits per heavy atom. The molecule has 6 N–H and O–H groups in total. The summed E-state index contributed by atoms with van der Waals surface area (Å²) in [5.41, 5.74) is 0.0429. The Morgan fingerprint density at radius 1 is 1.15 bits per heavy atom. The quantitative estimate of drug-likeness (QED) is 0.0395. The van der Waals surface area contributed by atoms with Gasteiger partial charge in [-0.25, -0.2) is 14.8 Å². The molecule has 0 saturated heterocycles. The van der Waals surface area contributed by atoms with Crippen LogP contribution in [0.1, 0.15) is 52.8 Å². The second kappa shape index (κ2) is 16.7. The standard InChI is InChI=1S/C30H41F3N8O5S/c1-7-36-27(42)40-24-11-21(26-39-23(16-47-26)30(31,32)33)22(14-38-24)19-10-20(13-35-12-19)25(41-34)45-18(3)17(2)15-44-9-8-37-28(43)46-29(4,5)6/h10-14,16-18,27,36,42H,7-9,15,34H2,1-6H3,(H,37,43)(H,38,40)/b41-25-. The molecule has 17 heteroatoms. The average Bonchev–Trinajstić information content (AvgIpc) is 3.50. The minimum Gasteiger partial charge on any atom is -0.473 e. The number of carbonyl (C=O) groups is 1. The summed E-state index contributed by atoms with van der Waals surface area (Å²) in [5.74, 6) is 5.88. The molecule has 0 saturated carbocycles. The highest BCUT2D eigenvalue weighted by atomic mass is 32.1. The van der Waals surface area contributed by atoms with E-state index in [4.69, 9.17) is 20.1 Å². The lowest BCUT2D eigenvalue weighted by Crippen LogP contribution is -2.35. The zero-order valence-corrected chi connectivity index (χ0v) is 27.8. The number of carbonyl (C=O) groups excluding carboxylic acids is 1. The largest absolute Gasteiger partial charge is 0.473 e. The van der Waals surface area contributed by atoms with Crippen LogP contribution < -0.4 is 21.8 Å². The van der Waals surface area contributed by atoms with E-state index in [1.54, 1.807) is 33.8 Å². The Hall–Kier alpha value is -4.06. The zero-order valence-electron chi connectivity index (χ0n) is 27.0. The van der Waals surface area contributed by atoms with Crippen molar-refractivity contribution in [3.63, 3.8) is 0 Å². The fraction of sp³-hybridized carbons (Fsp3) is 0.500. The predicted octanol–water partition coefficient (Wildman–Crippen LogP) is 4.79. The minimum atomic E-state index is -4.62. The second-order valence-electron chi connectivity index (χ2n) is 11.5. The first-order chi connectivity index (χ1) is 22.1. The van der Waals surface area contributed by atoms with Crippen molar-refractivity contribution in [2.24, 2.45) is 16.9 Å². The number of rotatable bonds is 14. The van der Waals surface area contributed by atoms with Crippen LogP contribution in [0.15, 0.2) is 41.2 Å². The van der Waals surface area contributed by atoms with Crippen LogP contribution in [0.5, 0.6) is 0 Å². The number of nitrogens with zero attached hydrogens (tertiary/aromatic N) is 4. The molecule has 3 aromatic rings. The summed E-state index contributed by atoms with van der Waals surface area (Å²) in [6.45, 7) is 12.2. The van der Waals surface area contributed by atoms with Crippen LogP contribution in [0.2, 0.25) is 0 Å². The Morgan fingerprint density at radius 3 is 2.53 bits per heavy atom. The van der Waals surface area contributed by atoms with Gasteiger partial charge in [0.2, 0.25) is 5.90 Å². The van der Waals surface area contributed by atoms with E-state index < -0.39 is 36.0 Å². The summed E-state index contributed by atoms with van der Waals surface area (Å²) in [6, 6.07) is 3.18. The van der Waals surface area contributed by atoms with Crippen molar-refractivity contribution < 1.29 is 37.3 Å². The molecule has 47 heavy (non-hydrogen) atoms. The van der Waals surface area contributed by atoms with E-state index in [2.05, 4.69) is 36.0 Å². The number of thiazole rings is 1. The van der Waals surface area contributed by atoms with E-state index in [0.29, 0.717) is 35.4 Å². The van der Waals surface area contributed by atoms with E-state index in [0.717, 1.165) is 16.7 Å². The Balaban J connectivity index is 1.76. The first kappa shape index (κ1) is 37.4. The highest BCUT2D eigenvalue weighted by Crippen LogP contribution is 2.38. The van der Waals surface area contributed by atoms with Crippen molar-refractivity contribution in [3.8, 4) is 21.7 Å². The van der Waals surface area contributed by atoms with Crippen LogP contribution in [0.25, 0.3) is 21.7 Å². The Kier molecular flexibility index (Phi) is 13.3. The molecule has 0 aliphatic carbocycles. The topological polar surface area (TPSA) is 178 Å². The third kappa shape index (κ3) is 11.6. The number of aliphatic hydroxyl groups is 1. The van der Waals surface area contributed by atoms with Gasteiger partial charge in [-0.1, -0.05) is 13.8 Å². The maximum Gasteiger partial charge on any atom is 0.434 e. The maximum atomic E-state index is 13.4. The highest BCUT2D eigenvalue weighted by Gasteiger charge is 2.34. The smallest absolute Gasteiger partial charge is 0.434 e. The lowest BCUT2D eigenvalue weighted by molar-refractivity contribution is -0.140. The fourth-order valence-corrected chi connectivity index (χ4v) is 4.82. The van der Waals surface area contributed by atoms with Gasteiger partial charge in [-0.3, -0.25) is 10.3 Å². The number of aliphatic hydroxyl groups excluding tert-OH is 1. The Labute approximate surface area is 275 Å². The van der Waals surface area contributed by atoms with Crippen molar-refractivity contribution in [2.75, 3.05) is 31.6 Å². The molecule has 3 unspecified atom stereocenters. The highest BCUT2D eigenvalue weighted by molar-refractivity contribution is 7.13. The molecule has 0 bridgehead atoms. The molecule has 3 rings (SSSR count). The van der Waals surface area contributed by atoms with Crippen molar-refractivity contribution in [1.29, 1.82) is 0 Å². The number of amides is 1. The van der Waals surface area contributed by atoms with Gasteiger partial charge in [-0.05, 0) is 46.4 Å². The molecule has 1 amide bonds. The van der Waals surface area contributed by atoms with Gasteiger partial charge in [0.05, 0.1) is 18.8 Å². The van der Waals surface area contributed by atoms with E-state index in [-0.39, 0.29) is 35.8 Å². The molecule has 3 heterocycles. The number of ether oxygens (including phenoxy) is 3. The van der Waals surface area contributed by atoms with Gasteiger partial charge >= 0.3 is 12.3 Å². The first-order valence-electron chi connectivity index (χ1n) is 14.8. The van der Waals surface area contributed by atoms with Crippen molar-refractivity contribution >= 4 is 29.1 Å². The van der Waals surface area contributed by atoms with Crippen LogP contribution in [0, 0.1) is 5.92 Å². The third-order valence-electron chi connectivity index (χ3n) is 6.42. The van der Waals surface area contributed by atoms with Gasteiger partial charge in [0.25, 0.3) is 0 Å². The van der Waals surface area contributed by atoms with Crippen LogP contribution in [0.4, 0.5) is 23.8 Å². The monoisotopic (exact) mass is 682 g/mol.